The van der Waals surface area contributed by atoms with Crippen LogP contribution in [0.4, 0.5) is 13.2 Å². The lowest BCUT2D eigenvalue weighted by atomic mass is 10.2. The van der Waals surface area contributed by atoms with Gasteiger partial charge in [0.05, 0.1) is 17.0 Å². The number of aromatic amines is 1. The molecule has 0 fully saturated rings. The first kappa shape index (κ1) is 13.4. The van der Waals surface area contributed by atoms with Crippen molar-refractivity contribution < 1.29 is 13.2 Å². The average Bonchev–Trinajstić information content (AvgIpc) is 2.50. The van der Waals surface area contributed by atoms with E-state index in [4.69, 9.17) is 23.8 Å². The predicted octanol–water partition coefficient (Wildman–Crippen LogP) is 4.26. The molecular weight excluding hydrogens is 287 g/mol. The van der Waals surface area contributed by atoms with Crippen LogP contribution in [0.15, 0.2) is 12.3 Å². The molecule has 0 saturated carbocycles. The molecule has 0 saturated heterocycles. The van der Waals surface area contributed by atoms with Crippen LogP contribution in [0.2, 0.25) is 5.02 Å². The van der Waals surface area contributed by atoms with E-state index in [1.165, 1.54) is 17.7 Å². The summed E-state index contributed by atoms with van der Waals surface area (Å²) < 4.78 is 38.7. The van der Waals surface area contributed by atoms with Crippen molar-refractivity contribution in [3.63, 3.8) is 0 Å². The van der Waals surface area contributed by atoms with Gasteiger partial charge in [0.25, 0.3) is 0 Å². The fourth-order valence-corrected chi connectivity index (χ4v) is 2.36. The molecule has 2 rings (SSSR count). The number of alkyl halides is 3. The molecule has 3 nitrogen and oxygen atoms in total. The van der Waals surface area contributed by atoms with E-state index >= 15 is 0 Å². The van der Waals surface area contributed by atoms with Crippen LogP contribution >= 0.6 is 23.8 Å². The molecule has 1 N–H and O–H groups in total. The average molecular weight is 296 g/mol. The van der Waals surface area contributed by atoms with Crippen LogP contribution < -0.4 is 0 Å². The molecule has 0 aromatic carbocycles. The van der Waals surface area contributed by atoms with Crippen molar-refractivity contribution >= 4 is 35.0 Å². The number of hydrogen-bond donors (Lipinski definition) is 1. The fraction of sp³-hybridized carbons (Fsp3) is 0.400. The molecule has 8 heteroatoms. The topological polar surface area (TPSA) is 33.6 Å². The van der Waals surface area contributed by atoms with Crippen molar-refractivity contribution in [3.05, 3.63) is 22.1 Å². The van der Waals surface area contributed by atoms with Gasteiger partial charge in [-0.3, -0.25) is 4.57 Å². The second-order valence-corrected chi connectivity index (χ2v) is 4.82. The van der Waals surface area contributed by atoms with Gasteiger partial charge in [0, 0.05) is 12.2 Å². The van der Waals surface area contributed by atoms with Crippen LogP contribution in [0, 0.1) is 4.77 Å². The molecule has 0 spiro atoms. The standard InChI is InChI=1S/C10H9ClF3N3S/c1-5(3-10(12,13)14)17-8-7(16-9(17)18)2-6(11)4-15-8/h2,4-5H,3H2,1H3,(H,16,18). The molecule has 0 aliphatic heterocycles. The summed E-state index contributed by atoms with van der Waals surface area (Å²) >= 11 is 10.8. The third-order valence-corrected chi connectivity index (χ3v) is 2.99. The van der Waals surface area contributed by atoms with Gasteiger partial charge in [0.15, 0.2) is 10.4 Å². The molecule has 1 atom stereocenters. The highest BCUT2D eigenvalue weighted by atomic mass is 35.5. The Labute approximate surface area is 111 Å². The van der Waals surface area contributed by atoms with Crippen molar-refractivity contribution in [1.82, 2.24) is 14.5 Å². The summed E-state index contributed by atoms with van der Waals surface area (Å²) in [4.78, 5) is 6.82. The first-order chi connectivity index (χ1) is 8.28. The maximum absolute atomic E-state index is 12.4. The molecule has 2 aromatic heterocycles. The lowest BCUT2D eigenvalue weighted by Crippen LogP contribution is -2.16. The SMILES string of the molecule is CC(CC(F)(F)F)n1c(=S)[nH]c2cc(Cl)cnc21. The minimum absolute atomic E-state index is 0.205. The van der Waals surface area contributed by atoms with Gasteiger partial charge in [-0.1, -0.05) is 11.6 Å². The Morgan fingerprint density at radius 1 is 1.56 bits per heavy atom. The fourth-order valence-electron chi connectivity index (χ4n) is 1.82. The van der Waals surface area contributed by atoms with E-state index in [2.05, 4.69) is 9.97 Å². The van der Waals surface area contributed by atoms with Crippen LogP contribution in [0.5, 0.6) is 0 Å². The second-order valence-electron chi connectivity index (χ2n) is 3.99. The highest BCUT2D eigenvalue weighted by molar-refractivity contribution is 7.71. The number of H-pyrrole nitrogens is 1. The predicted molar refractivity (Wildman–Crippen MR) is 65.3 cm³/mol. The lowest BCUT2D eigenvalue weighted by molar-refractivity contribution is -0.141. The molecule has 0 bridgehead atoms. The van der Waals surface area contributed by atoms with Crippen LogP contribution in [0.25, 0.3) is 11.2 Å². The number of rotatable bonds is 2. The number of pyridine rings is 1. The Morgan fingerprint density at radius 2 is 2.22 bits per heavy atom. The van der Waals surface area contributed by atoms with Crippen molar-refractivity contribution in [2.45, 2.75) is 25.6 Å². The monoisotopic (exact) mass is 295 g/mol. The molecule has 98 valence electrons. The summed E-state index contributed by atoms with van der Waals surface area (Å²) in [5, 5.41) is 0.398. The van der Waals surface area contributed by atoms with Gasteiger partial charge in [0.2, 0.25) is 0 Å². The number of nitrogens with one attached hydrogen (secondary N) is 1. The van der Waals surface area contributed by atoms with Crippen LogP contribution in [0.1, 0.15) is 19.4 Å². The first-order valence-electron chi connectivity index (χ1n) is 5.10. The molecular formula is C10H9ClF3N3S. The van der Waals surface area contributed by atoms with Gasteiger partial charge < -0.3 is 4.98 Å². The molecule has 18 heavy (non-hydrogen) atoms. The number of hydrogen-bond acceptors (Lipinski definition) is 2. The maximum Gasteiger partial charge on any atom is 0.391 e. The number of halogens is 4. The zero-order chi connectivity index (χ0) is 13.5. The quantitative estimate of drug-likeness (QED) is 0.840. The van der Waals surface area contributed by atoms with E-state index < -0.39 is 18.6 Å². The van der Waals surface area contributed by atoms with E-state index in [0.717, 1.165) is 0 Å². The summed E-state index contributed by atoms with van der Waals surface area (Å²) in [7, 11) is 0. The third kappa shape index (κ3) is 2.67. The van der Waals surface area contributed by atoms with E-state index in [1.54, 1.807) is 6.07 Å². The number of aromatic nitrogens is 3. The van der Waals surface area contributed by atoms with Crippen LogP contribution in [0.3, 0.4) is 0 Å². The van der Waals surface area contributed by atoms with Crippen molar-refractivity contribution in [2.75, 3.05) is 0 Å². The highest BCUT2D eigenvalue weighted by Gasteiger charge is 2.31. The van der Waals surface area contributed by atoms with E-state index in [0.29, 0.717) is 16.2 Å². The van der Waals surface area contributed by atoms with Crippen molar-refractivity contribution in [2.24, 2.45) is 0 Å². The number of imidazole rings is 1. The van der Waals surface area contributed by atoms with Gasteiger partial charge in [0.1, 0.15) is 0 Å². The Bertz CT molecular complexity index is 631. The Morgan fingerprint density at radius 3 is 2.83 bits per heavy atom. The smallest absolute Gasteiger partial charge is 0.329 e. The molecule has 0 radical (unpaired) electrons. The Hall–Kier alpha value is -1.08. The minimum Gasteiger partial charge on any atom is -0.329 e. The summed E-state index contributed by atoms with van der Waals surface area (Å²) in [6.07, 6.45) is -3.83. The maximum atomic E-state index is 12.4. The number of fused-ring (bicyclic) bond motifs is 1. The zero-order valence-corrected chi connectivity index (χ0v) is 10.8. The summed E-state index contributed by atoms with van der Waals surface area (Å²) in [5.74, 6) is 0. The Kier molecular flexibility index (Phi) is 3.37. The van der Waals surface area contributed by atoms with E-state index in [1.807, 2.05) is 0 Å². The lowest BCUT2D eigenvalue weighted by Gasteiger charge is -2.15. The third-order valence-electron chi connectivity index (χ3n) is 2.49. The van der Waals surface area contributed by atoms with Crippen LogP contribution in [-0.4, -0.2) is 20.7 Å². The minimum atomic E-state index is -4.25. The normalized spacial score (nSPS) is 14.1. The van der Waals surface area contributed by atoms with Gasteiger partial charge >= 0.3 is 6.18 Å². The van der Waals surface area contributed by atoms with Gasteiger partial charge in [-0.2, -0.15) is 13.2 Å². The second kappa shape index (κ2) is 4.55. The first-order valence-corrected chi connectivity index (χ1v) is 5.89. The number of nitrogens with zero attached hydrogens (tertiary/aromatic N) is 2. The molecule has 1 unspecified atom stereocenters. The van der Waals surface area contributed by atoms with Gasteiger partial charge in [-0.15, -0.1) is 0 Å². The van der Waals surface area contributed by atoms with E-state index in [9.17, 15) is 13.2 Å². The molecule has 0 aliphatic carbocycles. The van der Waals surface area contributed by atoms with Gasteiger partial charge in [-0.25, -0.2) is 4.98 Å². The molecule has 0 amide bonds. The molecule has 2 aromatic rings. The van der Waals surface area contributed by atoms with E-state index in [-0.39, 0.29) is 4.77 Å². The molecule has 0 aliphatic rings. The largest absolute Gasteiger partial charge is 0.391 e. The summed E-state index contributed by atoms with van der Waals surface area (Å²) in [6.45, 7) is 1.45. The molecule has 2 heterocycles. The van der Waals surface area contributed by atoms with Crippen molar-refractivity contribution in [3.8, 4) is 0 Å². The Balaban J connectivity index is 2.51. The summed E-state index contributed by atoms with van der Waals surface area (Å²) in [6, 6.07) is 0.760. The van der Waals surface area contributed by atoms with Crippen LogP contribution in [-0.2, 0) is 0 Å². The van der Waals surface area contributed by atoms with Gasteiger partial charge in [-0.05, 0) is 25.2 Å². The summed E-state index contributed by atoms with van der Waals surface area (Å²) in [5.41, 5.74) is 0.905. The van der Waals surface area contributed by atoms with Crippen molar-refractivity contribution in [1.29, 1.82) is 0 Å². The zero-order valence-electron chi connectivity index (χ0n) is 9.25. The highest BCUT2D eigenvalue weighted by Crippen LogP contribution is 2.29.